The zero-order chi connectivity index (χ0) is 24.1. The van der Waals surface area contributed by atoms with Gasteiger partial charge in [0.05, 0.1) is 17.0 Å². The third-order valence-electron chi connectivity index (χ3n) is 5.21. The number of nitrogens with one attached hydrogen (secondary N) is 2. The fourth-order valence-electron chi connectivity index (χ4n) is 3.28. The first-order valence-corrected chi connectivity index (χ1v) is 11.7. The number of hydrogen-bond acceptors (Lipinski definition) is 6. The monoisotopic (exact) mass is 472 g/mol. The molecule has 0 unspecified atom stereocenters. The predicted molar refractivity (Wildman–Crippen MR) is 134 cm³/mol. The van der Waals surface area contributed by atoms with Crippen LogP contribution in [0.5, 0.6) is 0 Å². The molecule has 1 aromatic heterocycles. The van der Waals surface area contributed by atoms with E-state index < -0.39 is 0 Å². The maximum atomic E-state index is 12.8. The lowest BCUT2D eigenvalue weighted by molar-refractivity contribution is -0.113. The van der Waals surface area contributed by atoms with Crippen LogP contribution in [-0.2, 0) is 4.79 Å². The van der Waals surface area contributed by atoms with Crippen molar-refractivity contribution in [1.29, 1.82) is 0 Å². The summed E-state index contributed by atoms with van der Waals surface area (Å²) in [7, 11) is 0. The van der Waals surface area contributed by atoms with Gasteiger partial charge in [0.25, 0.3) is 11.1 Å². The Morgan fingerprint density at radius 1 is 0.882 bits per heavy atom. The van der Waals surface area contributed by atoms with Crippen molar-refractivity contribution in [3.63, 3.8) is 0 Å². The SMILES string of the molecule is Cc1cccc(NC(=O)c2ccccc2NC(=O)CSc2nnc(-c3ccc(C)c(C)c3)o2)c1. The number of anilines is 2. The van der Waals surface area contributed by atoms with Crippen LogP contribution < -0.4 is 10.6 Å². The second-order valence-electron chi connectivity index (χ2n) is 7.88. The smallest absolute Gasteiger partial charge is 0.277 e. The lowest BCUT2D eigenvalue weighted by atomic mass is 10.1. The summed E-state index contributed by atoms with van der Waals surface area (Å²) in [4.78, 5) is 25.4. The first kappa shape index (κ1) is 23.3. The van der Waals surface area contributed by atoms with Crippen LogP contribution in [0.1, 0.15) is 27.0 Å². The van der Waals surface area contributed by atoms with Crippen molar-refractivity contribution < 1.29 is 14.0 Å². The Bertz CT molecular complexity index is 1350. The summed E-state index contributed by atoms with van der Waals surface area (Å²) in [6.07, 6.45) is 0. The molecule has 0 aliphatic heterocycles. The van der Waals surface area contributed by atoms with E-state index in [4.69, 9.17) is 4.42 Å². The molecule has 0 aliphatic carbocycles. The van der Waals surface area contributed by atoms with E-state index in [1.807, 2.05) is 63.2 Å². The molecule has 0 saturated carbocycles. The number of carbonyl (C=O) groups is 2. The maximum absolute atomic E-state index is 12.8. The predicted octanol–water partition coefficient (Wildman–Crippen LogP) is 5.64. The molecule has 34 heavy (non-hydrogen) atoms. The van der Waals surface area contributed by atoms with E-state index in [-0.39, 0.29) is 17.6 Å². The second-order valence-corrected chi connectivity index (χ2v) is 8.80. The number of aryl methyl sites for hydroxylation is 3. The Hall–Kier alpha value is -3.91. The van der Waals surface area contributed by atoms with Gasteiger partial charge in [-0.1, -0.05) is 42.1 Å². The minimum absolute atomic E-state index is 0.0579. The van der Waals surface area contributed by atoms with E-state index in [1.165, 1.54) is 5.56 Å². The lowest BCUT2D eigenvalue weighted by Gasteiger charge is -2.11. The van der Waals surface area contributed by atoms with Gasteiger partial charge in [-0.25, -0.2) is 0 Å². The quantitative estimate of drug-likeness (QED) is 0.338. The molecule has 172 valence electrons. The zero-order valence-corrected chi connectivity index (χ0v) is 19.9. The van der Waals surface area contributed by atoms with E-state index in [0.717, 1.165) is 28.5 Å². The van der Waals surface area contributed by atoms with E-state index in [1.54, 1.807) is 24.3 Å². The fourth-order valence-corrected chi connectivity index (χ4v) is 3.85. The molecular formula is C26H24N4O3S. The number of benzene rings is 3. The molecule has 1 heterocycles. The van der Waals surface area contributed by atoms with E-state index in [0.29, 0.717) is 28.1 Å². The van der Waals surface area contributed by atoms with Gasteiger partial charge in [-0.3, -0.25) is 9.59 Å². The van der Waals surface area contributed by atoms with Crippen molar-refractivity contribution in [2.24, 2.45) is 0 Å². The van der Waals surface area contributed by atoms with Gasteiger partial charge in [-0.05, 0) is 73.9 Å². The first-order valence-electron chi connectivity index (χ1n) is 10.7. The minimum Gasteiger partial charge on any atom is -0.411 e. The van der Waals surface area contributed by atoms with Crippen LogP contribution in [0.4, 0.5) is 11.4 Å². The summed E-state index contributed by atoms with van der Waals surface area (Å²) in [6, 6.07) is 20.3. The molecule has 2 N–H and O–H groups in total. The van der Waals surface area contributed by atoms with E-state index in [9.17, 15) is 9.59 Å². The highest BCUT2D eigenvalue weighted by Crippen LogP contribution is 2.25. The standard InChI is InChI=1S/C26H24N4O3S/c1-16-7-6-8-20(13-16)27-24(32)21-9-4-5-10-22(21)28-23(31)15-34-26-30-29-25(33-26)19-12-11-17(2)18(3)14-19/h4-14H,15H2,1-3H3,(H,27,32)(H,28,31). The van der Waals surface area contributed by atoms with Crippen LogP contribution in [0.15, 0.2) is 76.4 Å². The van der Waals surface area contributed by atoms with Crippen LogP contribution in [0.2, 0.25) is 0 Å². The van der Waals surface area contributed by atoms with Gasteiger partial charge < -0.3 is 15.1 Å². The molecule has 4 aromatic rings. The van der Waals surface area contributed by atoms with E-state index in [2.05, 4.69) is 20.8 Å². The van der Waals surface area contributed by atoms with Gasteiger partial charge in [0, 0.05) is 11.3 Å². The molecule has 0 fully saturated rings. The number of aromatic nitrogens is 2. The van der Waals surface area contributed by atoms with Crippen LogP contribution >= 0.6 is 11.8 Å². The first-order chi connectivity index (χ1) is 16.4. The highest BCUT2D eigenvalue weighted by atomic mass is 32.2. The third kappa shape index (κ3) is 5.71. The summed E-state index contributed by atoms with van der Waals surface area (Å²) in [5, 5.41) is 14.1. The van der Waals surface area contributed by atoms with Crippen molar-refractivity contribution in [1.82, 2.24) is 10.2 Å². The van der Waals surface area contributed by atoms with Crippen LogP contribution in [-0.4, -0.2) is 27.8 Å². The second kappa shape index (κ2) is 10.4. The molecule has 0 saturated heterocycles. The van der Waals surface area contributed by atoms with Gasteiger partial charge in [0.1, 0.15) is 0 Å². The van der Waals surface area contributed by atoms with Crippen LogP contribution in [0, 0.1) is 20.8 Å². The summed E-state index contributed by atoms with van der Waals surface area (Å²) in [5.74, 6) is -0.123. The summed E-state index contributed by atoms with van der Waals surface area (Å²) in [6.45, 7) is 6.01. The molecule has 7 nitrogen and oxygen atoms in total. The van der Waals surface area contributed by atoms with Crippen molar-refractivity contribution >= 4 is 35.0 Å². The average Bonchev–Trinajstić information content (AvgIpc) is 3.29. The Morgan fingerprint density at radius 3 is 2.50 bits per heavy atom. The number of rotatable bonds is 7. The van der Waals surface area contributed by atoms with Crippen molar-refractivity contribution in [3.05, 3.63) is 89.0 Å². The summed E-state index contributed by atoms with van der Waals surface area (Å²) < 4.78 is 5.70. The minimum atomic E-state index is -0.302. The molecule has 3 aromatic carbocycles. The van der Waals surface area contributed by atoms with Gasteiger partial charge in [0.2, 0.25) is 11.8 Å². The Morgan fingerprint density at radius 2 is 1.71 bits per heavy atom. The number of para-hydroxylation sites is 1. The highest BCUT2D eigenvalue weighted by molar-refractivity contribution is 7.99. The molecule has 0 atom stereocenters. The lowest BCUT2D eigenvalue weighted by Crippen LogP contribution is -2.19. The van der Waals surface area contributed by atoms with Gasteiger partial charge >= 0.3 is 0 Å². The molecule has 0 aliphatic rings. The molecular weight excluding hydrogens is 448 g/mol. The Kier molecular flexibility index (Phi) is 7.08. The number of carbonyl (C=O) groups excluding carboxylic acids is 2. The third-order valence-corrected chi connectivity index (χ3v) is 6.03. The normalized spacial score (nSPS) is 10.7. The van der Waals surface area contributed by atoms with Crippen LogP contribution in [0.3, 0.4) is 0 Å². The molecule has 8 heteroatoms. The number of thioether (sulfide) groups is 1. The largest absolute Gasteiger partial charge is 0.411 e. The average molecular weight is 473 g/mol. The van der Waals surface area contributed by atoms with Crippen molar-refractivity contribution in [3.8, 4) is 11.5 Å². The van der Waals surface area contributed by atoms with Crippen molar-refractivity contribution in [2.45, 2.75) is 26.0 Å². The number of amides is 2. The summed E-state index contributed by atoms with van der Waals surface area (Å²) >= 11 is 1.14. The van der Waals surface area contributed by atoms with Crippen molar-refractivity contribution in [2.75, 3.05) is 16.4 Å². The van der Waals surface area contributed by atoms with Gasteiger partial charge in [0.15, 0.2) is 0 Å². The van der Waals surface area contributed by atoms with Gasteiger partial charge in [-0.15, -0.1) is 10.2 Å². The number of nitrogens with zero attached hydrogens (tertiary/aromatic N) is 2. The molecule has 0 bridgehead atoms. The molecule has 4 rings (SSSR count). The fraction of sp³-hybridized carbons (Fsp3) is 0.154. The maximum Gasteiger partial charge on any atom is 0.277 e. The molecule has 0 radical (unpaired) electrons. The van der Waals surface area contributed by atoms with Gasteiger partial charge in [-0.2, -0.15) is 0 Å². The van der Waals surface area contributed by atoms with Crippen LogP contribution in [0.25, 0.3) is 11.5 Å². The molecule has 2 amide bonds. The van der Waals surface area contributed by atoms with E-state index >= 15 is 0 Å². The molecule has 0 spiro atoms. The Labute approximate surface area is 202 Å². The highest BCUT2D eigenvalue weighted by Gasteiger charge is 2.15. The summed E-state index contributed by atoms with van der Waals surface area (Å²) in [5.41, 5.74) is 5.68. The topological polar surface area (TPSA) is 97.1 Å². The zero-order valence-electron chi connectivity index (χ0n) is 19.1. The number of hydrogen-bond donors (Lipinski definition) is 2. The Balaban J connectivity index is 1.38.